The first kappa shape index (κ1) is 9.39. The van der Waals surface area contributed by atoms with Crippen molar-refractivity contribution in [2.45, 2.75) is 25.2 Å². The summed E-state index contributed by atoms with van der Waals surface area (Å²) in [5, 5.41) is 0. The average Bonchev–Trinajstić information content (AvgIpc) is 1.80. The fourth-order valence-corrected chi connectivity index (χ4v) is 0.378. The number of rotatable bonds is 3. The third-order valence-electron chi connectivity index (χ3n) is 0.893. The molecule has 0 amide bonds. The summed E-state index contributed by atoms with van der Waals surface area (Å²) < 4.78 is 45.7. The lowest BCUT2D eigenvalue weighted by molar-refractivity contribution is -0.181. The monoisotopic (exact) mass is 158 g/mol. The number of hydrogen-bond acceptors (Lipinski definition) is 1. The summed E-state index contributed by atoms with van der Waals surface area (Å²) >= 11 is 0. The highest BCUT2D eigenvalue weighted by Gasteiger charge is 2.39. The Bertz CT molecular complexity index is 109. The molecule has 1 atom stereocenters. The number of carbonyl (C=O) groups is 1. The highest BCUT2D eigenvalue weighted by Crippen LogP contribution is 2.25. The van der Waals surface area contributed by atoms with E-state index in [0.29, 0.717) is 0 Å². The molecule has 0 heterocycles. The van der Waals surface area contributed by atoms with Crippen molar-refractivity contribution in [3.63, 3.8) is 0 Å². The molecule has 10 heavy (non-hydrogen) atoms. The smallest absolute Gasteiger partial charge is 0.303 e. The molecule has 0 aromatic rings. The molecule has 0 spiro atoms. The highest BCUT2D eigenvalue weighted by atomic mass is 19.4. The predicted molar refractivity (Wildman–Crippen MR) is 26.2 cm³/mol. The van der Waals surface area contributed by atoms with E-state index < -0.39 is 18.8 Å². The molecule has 1 unspecified atom stereocenters. The van der Waals surface area contributed by atoms with Crippen LogP contribution in [0.2, 0.25) is 0 Å². The van der Waals surface area contributed by atoms with Crippen molar-refractivity contribution < 1.29 is 22.4 Å². The van der Waals surface area contributed by atoms with Gasteiger partial charge in [-0.3, -0.25) is 0 Å². The van der Waals surface area contributed by atoms with Crippen molar-refractivity contribution in [2.24, 2.45) is 0 Å². The second-order valence-electron chi connectivity index (χ2n) is 1.75. The molecule has 0 aliphatic carbocycles. The lowest BCUT2D eigenvalue weighted by atomic mass is 10.2. The Kier molecular flexibility index (Phi) is 3.32. The molecule has 5 heteroatoms. The van der Waals surface area contributed by atoms with Gasteiger partial charge < -0.3 is 4.79 Å². The lowest BCUT2D eigenvalue weighted by Gasteiger charge is -2.09. The molecule has 0 fully saturated rings. The van der Waals surface area contributed by atoms with Gasteiger partial charge in [0.05, 0.1) is 0 Å². The number of hydrogen-bond donors (Lipinski definition) is 0. The molecular formula is C5H6F4O. The van der Waals surface area contributed by atoms with Gasteiger partial charge in [0.1, 0.15) is 6.29 Å². The van der Waals surface area contributed by atoms with E-state index in [1.54, 1.807) is 0 Å². The van der Waals surface area contributed by atoms with E-state index in [2.05, 4.69) is 0 Å². The van der Waals surface area contributed by atoms with E-state index in [9.17, 15) is 22.4 Å². The van der Waals surface area contributed by atoms with E-state index in [4.69, 9.17) is 0 Å². The maximum atomic E-state index is 11.8. The number of carbonyl (C=O) groups excluding carboxylic acids is 1. The number of halogens is 4. The fourth-order valence-electron chi connectivity index (χ4n) is 0.378. The Balaban J connectivity index is 3.61. The maximum Gasteiger partial charge on any atom is 0.419 e. The summed E-state index contributed by atoms with van der Waals surface area (Å²) in [5.74, 6) is 0. The summed E-state index contributed by atoms with van der Waals surface area (Å²) in [6, 6.07) is 0. The standard InChI is InChI=1S/C5H6F4O/c6-4(2-1-3-10)5(7,8)9/h3-4H,1-2H2. The van der Waals surface area contributed by atoms with Crippen LogP contribution < -0.4 is 0 Å². The van der Waals surface area contributed by atoms with Crippen LogP contribution in [0.15, 0.2) is 0 Å². The van der Waals surface area contributed by atoms with Gasteiger partial charge in [-0.05, 0) is 6.42 Å². The van der Waals surface area contributed by atoms with Crippen LogP contribution in [-0.2, 0) is 4.79 Å². The maximum absolute atomic E-state index is 11.8. The zero-order valence-electron chi connectivity index (χ0n) is 4.99. The van der Waals surface area contributed by atoms with Gasteiger partial charge in [-0.15, -0.1) is 0 Å². The summed E-state index contributed by atoms with van der Waals surface area (Å²) in [6.07, 6.45) is -8.58. The molecule has 0 N–H and O–H groups in total. The number of aldehydes is 1. The largest absolute Gasteiger partial charge is 0.419 e. The highest BCUT2D eigenvalue weighted by molar-refractivity contribution is 5.49. The number of alkyl halides is 4. The first-order valence-electron chi connectivity index (χ1n) is 2.63. The molecule has 0 aromatic carbocycles. The first-order chi connectivity index (χ1) is 4.48. The van der Waals surface area contributed by atoms with E-state index in [0.717, 1.165) is 0 Å². The van der Waals surface area contributed by atoms with Gasteiger partial charge in [-0.2, -0.15) is 13.2 Å². The molecule has 0 aliphatic rings. The summed E-state index contributed by atoms with van der Waals surface area (Å²) in [5.41, 5.74) is 0. The van der Waals surface area contributed by atoms with Crippen LogP contribution in [0.4, 0.5) is 17.6 Å². The Morgan fingerprint density at radius 1 is 1.40 bits per heavy atom. The molecule has 0 rings (SSSR count). The predicted octanol–water partition coefficient (Wildman–Crippen LogP) is 1.87. The molecule has 60 valence electrons. The topological polar surface area (TPSA) is 17.1 Å². The molecule has 1 nitrogen and oxygen atoms in total. The van der Waals surface area contributed by atoms with E-state index >= 15 is 0 Å². The van der Waals surface area contributed by atoms with Crippen LogP contribution >= 0.6 is 0 Å². The van der Waals surface area contributed by atoms with E-state index in [-0.39, 0.29) is 12.7 Å². The minimum absolute atomic E-state index is 0.262. The molecule has 0 aromatic heterocycles. The van der Waals surface area contributed by atoms with Crippen molar-refractivity contribution in [3.05, 3.63) is 0 Å². The zero-order chi connectivity index (χ0) is 8.20. The Morgan fingerprint density at radius 3 is 2.20 bits per heavy atom. The normalized spacial score (nSPS) is 14.8. The van der Waals surface area contributed by atoms with Gasteiger partial charge in [-0.1, -0.05) is 0 Å². The molecule has 0 saturated heterocycles. The minimum atomic E-state index is -4.82. The summed E-state index contributed by atoms with van der Waals surface area (Å²) in [7, 11) is 0. The van der Waals surface area contributed by atoms with Gasteiger partial charge >= 0.3 is 6.18 Å². The van der Waals surface area contributed by atoms with Crippen molar-refractivity contribution in [1.29, 1.82) is 0 Å². The van der Waals surface area contributed by atoms with Crippen LogP contribution in [-0.4, -0.2) is 18.6 Å². The molecule has 0 radical (unpaired) electrons. The second kappa shape index (κ2) is 3.53. The second-order valence-corrected chi connectivity index (χ2v) is 1.75. The van der Waals surface area contributed by atoms with Crippen LogP contribution in [0.25, 0.3) is 0 Å². The SMILES string of the molecule is O=CCCC(F)C(F)(F)F. The van der Waals surface area contributed by atoms with Crippen molar-refractivity contribution in [1.82, 2.24) is 0 Å². The Labute approximate surface area is 55.0 Å². The van der Waals surface area contributed by atoms with Crippen LogP contribution in [0.5, 0.6) is 0 Å². The van der Waals surface area contributed by atoms with E-state index in [1.165, 1.54) is 0 Å². The fraction of sp³-hybridized carbons (Fsp3) is 0.800. The quantitative estimate of drug-likeness (QED) is 0.452. The third kappa shape index (κ3) is 3.42. The van der Waals surface area contributed by atoms with Crippen LogP contribution in [0.1, 0.15) is 12.8 Å². The lowest BCUT2D eigenvalue weighted by Crippen LogP contribution is -2.24. The van der Waals surface area contributed by atoms with Crippen molar-refractivity contribution in [3.8, 4) is 0 Å². The van der Waals surface area contributed by atoms with Gasteiger partial charge in [0.25, 0.3) is 0 Å². The molecule has 0 saturated carbocycles. The van der Waals surface area contributed by atoms with E-state index in [1.807, 2.05) is 0 Å². The molecular weight excluding hydrogens is 152 g/mol. The minimum Gasteiger partial charge on any atom is -0.303 e. The Morgan fingerprint density at radius 2 is 1.90 bits per heavy atom. The summed E-state index contributed by atoms with van der Waals surface area (Å²) in [6.45, 7) is 0. The molecule has 0 bridgehead atoms. The third-order valence-corrected chi connectivity index (χ3v) is 0.893. The zero-order valence-corrected chi connectivity index (χ0v) is 4.99. The van der Waals surface area contributed by atoms with Crippen LogP contribution in [0, 0.1) is 0 Å². The first-order valence-corrected chi connectivity index (χ1v) is 2.63. The van der Waals surface area contributed by atoms with Crippen LogP contribution in [0.3, 0.4) is 0 Å². The van der Waals surface area contributed by atoms with Gasteiger partial charge in [0.2, 0.25) is 0 Å². The Hall–Kier alpha value is -0.610. The van der Waals surface area contributed by atoms with Gasteiger partial charge in [0, 0.05) is 6.42 Å². The van der Waals surface area contributed by atoms with Crippen molar-refractivity contribution in [2.75, 3.05) is 0 Å². The van der Waals surface area contributed by atoms with Gasteiger partial charge in [-0.25, -0.2) is 4.39 Å². The van der Waals surface area contributed by atoms with Gasteiger partial charge in [0.15, 0.2) is 6.17 Å². The molecule has 0 aliphatic heterocycles. The van der Waals surface area contributed by atoms with Crippen molar-refractivity contribution >= 4 is 6.29 Å². The average molecular weight is 158 g/mol. The summed E-state index contributed by atoms with van der Waals surface area (Å²) in [4.78, 5) is 9.50.